The summed E-state index contributed by atoms with van der Waals surface area (Å²) in [6.45, 7) is 0.438. The van der Waals surface area contributed by atoms with Crippen molar-refractivity contribution in [1.29, 1.82) is 0 Å². The van der Waals surface area contributed by atoms with E-state index in [2.05, 4.69) is 39.2 Å². The summed E-state index contributed by atoms with van der Waals surface area (Å²) in [7, 11) is 0. The number of hydrogen-bond donors (Lipinski definition) is 3. The Morgan fingerprint density at radius 1 is 1.11 bits per heavy atom. The van der Waals surface area contributed by atoms with Crippen molar-refractivity contribution in [3.63, 3.8) is 0 Å². The molecule has 0 aliphatic heterocycles. The average Bonchev–Trinajstić information content (AvgIpc) is 3.31. The maximum Gasteiger partial charge on any atom is 0.141 e. The molecule has 2 atom stereocenters. The van der Waals surface area contributed by atoms with Crippen molar-refractivity contribution in [1.82, 2.24) is 15.0 Å². The van der Waals surface area contributed by atoms with Crippen LogP contribution in [0.15, 0.2) is 67.1 Å². The molecule has 4 N–H and O–H groups in total. The maximum absolute atomic E-state index is 10.6. The second-order valence-electron chi connectivity index (χ2n) is 7.14. The van der Waals surface area contributed by atoms with Crippen LogP contribution in [-0.4, -0.2) is 26.6 Å². The fourth-order valence-corrected chi connectivity index (χ4v) is 4.42. The van der Waals surface area contributed by atoms with Gasteiger partial charge in [0.25, 0.3) is 0 Å². The molecule has 27 heavy (non-hydrogen) atoms. The Labute approximate surface area is 156 Å². The van der Waals surface area contributed by atoms with E-state index in [4.69, 9.17) is 5.73 Å². The SMILES string of the molecule is NCC1(c2cccc(-c3ncnc4[nH]ccc34)c2)CC(O)c2ccccc21. The number of nitrogens with one attached hydrogen (secondary N) is 1. The molecule has 2 heterocycles. The Bertz CT molecular complexity index is 1140. The van der Waals surface area contributed by atoms with Crippen molar-refractivity contribution < 1.29 is 5.11 Å². The number of nitrogens with two attached hydrogens (primary N) is 1. The van der Waals surface area contributed by atoms with Gasteiger partial charge in [0.15, 0.2) is 0 Å². The highest BCUT2D eigenvalue weighted by atomic mass is 16.3. The molecule has 0 saturated heterocycles. The van der Waals surface area contributed by atoms with E-state index in [1.165, 1.54) is 0 Å². The smallest absolute Gasteiger partial charge is 0.141 e. The van der Waals surface area contributed by atoms with Crippen LogP contribution >= 0.6 is 0 Å². The number of rotatable bonds is 3. The van der Waals surface area contributed by atoms with Crippen molar-refractivity contribution in [2.45, 2.75) is 17.9 Å². The lowest BCUT2D eigenvalue weighted by molar-refractivity contribution is 0.163. The second-order valence-corrected chi connectivity index (χ2v) is 7.14. The minimum Gasteiger partial charge on any atom is -0.388 e. The summed E-state index contributed by atoms with van der Waals surface area (Å²) in [4.78, 5) is 11.9. The van der Waals surface area contributed by atoms with Crippen LogP contribution in [0.5, 0.6) is 0 Å². The van der Waals surface area contributed by atoms with Crippen LogP contribution in [0.4, 0.5) is 0 Å². The topological polar surface area (TPSA) is 87.8 Å². The minimum atomic E-state index is -0.496. The standard InChI is InChI=1S/C22H20N4O/c23-12-22(11-19(27)16-6-1-2-7-18(16)22)15-5-3-4-14(10-15)20-17-8-9-24-21(17)26-13-25-20/h1-10,13,19,27H,11-12,23H2,(H,24,25,26). The molecule has 1 aliphatic carbocycles. The van der Waals surface area contributed by atoms with Gasteiger partial charge in [-0.15, -0.1) is 0 Å². The number of fused-ring (bicyclic) bond motifs is 2. The first kappa shape index (κ1) is 16.2. The van der Waals surface area contributed by atoms with E-state index in [-0.39, 0.29) is 0 Å². The highest BCUT2D eigenvalue weighted by Crippen LogP contribution is 2.48. The molecule has 0 fully saturated rings. The van der Waals surface area contributed by atoms with Gasteiger partial charge < -0.3 is 15.8 Å². The van der Waals surface area contributed by atoms with Gasteiger partial charge in [-0.3, -0.25) is 0 Å². The summed E-state index contributed by atoms with van der Waals surface area (Å²) >= 11 is 0. The number of nitrogens with zero attached hydrogens (tertiary/aromatic N) is 2. The van der Waals surface area contributed by atoms with Crippen molar-refractivity contribution in [3.05, 3.63) is 83.8 Å². The van der Waals surface area contributed by atoms with Crippen molar-refractivity contribution in [2.24, 2.45) is 5.73 Å². The lowest BCUT2D eigenvalue weighted by atomic mass is 9.75. The summed E-state index contributed by atoms with van der Waals surface area (Å²) < 4.78 is 0. The average molecular weight is 356 g/mol. The molecule has 5 heteroatoms. The second kappa shape index (κ2) is 6.01. The van der Waals surface area contributed by atoms with Crippen LogP contribution in [-0.2, 0) is 5.41 Å². The molecule has 4 aromatic rings. The Balaban J connectivity index is 1.69. The number of aromatic nitrogens is 3. The molecule has 2 aromatic heterocycles. The summed E-state index contributed by atoms with van der Waals surface area (Å²) in [5.41, 5.74) is 11.8. The molecular weight excluding hydrogens is 336 g/mol. The molecule has 2 unspecified atom stereocenters. The number of hydrogen-bond acceptors (Lipinski definition) is 4. The van der Waals surface area contributed by atoms with Gasteiger partial charge in [0.1, 0.15) is 12.0 Å². The number of aliphatic hydroxyl groups excluding tert-OH is 1. The maximum atomic E-state index is 10.6. The Morgan fingerprint density at radius 2 is 2.00 bits per heavy atom. The highest BCUT2D eigenvalue weighted by molar-refractivity contribution is 5.90. The first-order chi connectivity index (χ1) is 13.2. The predicted octanol–water partition coefficient (Wildman–Crippen LogP) is 3.31. The Hall–Kier alpha value is -3.02. The van der Waals surface area contributed by atoms with E-state index in [1.54, 1.807) is 6.33 Å². The Morgan fingerprint density at radius 3 is 2.89 bits per heavy atom. The summed E-state index contributed by atoms with van der Waals surface area (Å²) in [6.07, 6.45) is 3.55. The van der Waals surface area contributed by atoms with Crippen molar-refractivity contribution in [3.8, 4) is 11.3 Å². The van der Waals surface area contributed by atoms with Gasteiger partial charge >= 0.3 is 0 Å². The Kier molecular flexibility index (Phi) is 3.60. The third kappa shape index (κ3) is 2.32. The zero-order chi connectivity index (χ0) is 18.4. The lowest BCUT2D eigenvalue weighted by Gasteiger charge is -2.30. The molecule has 0 spiro atoms. The zero-order valence-corrected chi connectivity index (χ0v) is 14.8. The fourth-order valence-electron chi connectivity index (χ4n) is 4.42. The minimum absolute atomic E-state index is 0.393. The lowest BCUT2D eigenvalue weighted by Crippen LogP contribution is -2.34. The van der Waals surface area contributed by atoms with Crippen LogP contribution < -0.4 is 5.73 Å². The molecule has 5 rings (SSSR count). The first-order valence-corrected chi connectivity index (χ1v) is 9.09. The van der Waals surface area contributed by atoms with Crippen LogP contribution in [0, 0.1) is 0 Å². The number of benzene rings is 2. The van der Waals surface area contributed by atoms with Crippen molar-refractivity contribution in [2.75, 3.05) is 6.54 Å². The van der Waals surface area contributed by atoms with Crippen LogP contribution in [0.1, 0.15) is 29.2 Å². The predicted molar refractivity (Wildman–Crippen MR) is 105 cm³/mol. The number of H-pyrrole nitrogens is 1. The largest absolute Gasteiger partial charge is 0.388 e. The van der Waals surface area contributed by atoms with E-state index in [0.717, 1.165) is 39.0 Å². The third-order valence-electron chi connectivity index (χ3n) is 5.77. The molecule has 0 amide bonds. The molecule has 5 nitrogen and oxygen atoms in total. The molecule has 2 aromatic carbocycles. The molecule has 1 aliphatic rings. The van der Waals surface area contributed by atoms with E-state index in [0.29, 0.717) is 13.0 Å². The van der Waals surface area contributed by atoms with Crippen LogP contribution in [0.3, 0.4) is 0 Å². The monoisotopic (exact) mass is 356 g/mol. The van der Waals surface area contributed by atoms with Gasteiger partial charge in [0, 0.05) is 29.1 Å². The van der Waals surface area contributed by atoms with Gasteiger partial charge in [-0.25, -0.2) is 9.97 Å². The zero-order valence-electron chi connectivity index (χ0n) is 14.8. The first-order valence-electron chi connectivity index (χ1n) is 9.09. The number of aromatic amines is 1. The summed E-state index contributed by atoms with van der Waals surface area (Å²) in [5.74, 6) is 0. The van der Waals surface area contributed by atoms with Gasteiger partial charge in [0.05, 0.1) is 11.8 Å². The van der Waals surface area contributed by atoms with E-state index in [1.807, 2.05) is 36.5 Å². The van der Waals surface area contributed by atoms with Gasteiger partial charge in [-0.1, -0.05) is 42.5 Å². The van der Waals surface area contributed by atoms with Gasteiger partial charge in [0.2, 0.25) is 0 Å². The molecular formula is C22H20N4O. The molecule has 0 saturated carbocycles. The fraction of sp³-hybridized carbons (Fsp3) is 0.182. The normalized spacial score (nSPS) is 21.5. The quantitative estimate of drug-likeness (QED) is 0.525. The van der Waals surface area contributed by atoms with E-state index < -0.39 is 11.5 Å². The van der Waals surface area contributed by atoms with E-state index in [9.17, 15) is 5.11 Å². The summed E-state index contributed by atoms with van der Waals surface area (Å²) in [6, 6.07) is 18.4. The third-order valence-corrected chi connectivity index (χ3v) is 5.77. The summed E-state index contributed by atoms with van der Waals surface area (Å²) in [5, 5.41) is 11.6. The molecule has 134 valence electrons. The van der Waals surface area contributed by atoms with Crippen molar-refractivity contribution >= 4 is 11.0 Å². The van der Waals surface area contributed by atoms with Crippen LogP contribution in [0.25, 0.3) is 22.3 Å². The molecule has 0 radical (unpaired) electrons. The highest BCUT2D eigenvalue weighted by Gasteiger charge is 2.43. The van der Waals surface area contributed by atoms with Crippen LogP contribution in [0.2, 0.25) is 0 Å². The van der Waals surface area contributed by atoms with Gasteiger partial charge in [-0.2, -0.15) is 0 Å². The molecule has 0 bridgehead atoms. The number of aliphatic hydroxyl groups is 1. The van der Waals surface area contributed by atoms with E-state index >= 15 is 0 Å². The van der Waals surface area contributed by atoms with Gasteiger partial charge in [-0.05, 0) is 35.2 Å².